The van der Waals surface area contributed by atoms with Gasteiger partial charge in [-0.2, -0.15) is 0 Å². The monoisotopic (exact) mass is 431 g/mol. The number of carbonyl (C=O) groups excluding carboxylic acids is 2. The third-order valence-corrected chi connectivity index (χ3v) is 9.34. The molecule has 4 rings (SSSR count). The topological polar surface area (TPSA) is 43.9 Å². The second kappa shape index (κ2) is 10.2. The highest BCUT2D eigenvalue weighted by Crippen LogP contribution is 2.47. The van der Waals surface area contributed by atoms with Gasteiger partial charge in [0.25, 0.3) is 0 Å². The van der Waals surface area contributed by atoms with Crippen molar-refractivity contribution in [2.45, 2.75) is 84.5 Å². The molecule has 1 spiro atoms. The summed E-state index contributed by atoms with van der Waals surface area (Å²) in [4.78, 5) is 31.3. The first kappa shape index (κ1) is 23.1. The lowest BCUT2D eigenvalue weighted by atomic mass is 9.65. The fraction of sp³-hybridized carbons (Fsp3) is 0.923. The van der Waals surface area contributed by atoms with E-state index in [0.717, 1.165) is 63.9 Å². The maximum Gasteiger partial charge on any atom is 0.225 e. The van der Waals surface area contributed by atoms with Crippen LogP contribution in [-0.4, -0.2) is 72.3 Å². The summed E-state index contributed by atoms with van der Waals surface area (Å²) in [7, 11) is 0. The van der Waals surface area contributed by atoms with Crippen LogP contribution in [0.4, 0.5) is 0 Å². The fourth-order valence-electron chi connectivity index (χ4n) is 6.70. The lowest BCUT2D eigenvalue weighted by molar-refractivity contribution is -0.138. The molecule has 0 aromatic heterocycles. The van der Waals surface area contributed by atoms with Gasteiger partial charge in [0.1, 0.15) is 0 Å². The predicted octanol–water partition coefficient (Wildman–Crippen LogP) is 4.17. The molecule has 4 fully saturated rings. The molecule has 0 aromatic carbocycles. The highest BCUT2D eigenvalue weighted by molar-refractivity contribution is 5.79. The van der Waals surface area contributed by atoms with Crippen molar-refractivity contribution in [2.75, 3.05) is 45.8 Å². The average molecular weight is 432 g/mol. The molecule has 0 radical (unpaired) electrons. The molecule has 31 heavy (non-hydrogen) atoms. The molecule has 0 N–H and O–H groups in total. The summed E-state index contributed by atoms with van der Waals surface area (Å²) in [6.07, 6.45) is 13.9. The Hall–Kier alpha value is -1.10. The summed E-state index contributed by atoms with van der Waals surface area (Å²) in [5.74, 6) is 2.68. The standard InChI is InChI=1S/C26H45N3O2/c1-21-3-5-24(6-4-21)25(31)29-19-17-27(18-20-29)14-9-23-7-10-26(11-8-23)12-15-28(16-13-26)22(2)30/h21,23-24H,3-20H2,1-2H3/t21-,24-. The molecule has 0 bridgehead atoms. The van der Waals surface area contributed by atoms with Crippen molar-refractivity contribution in [1.82, 2.24) is 14.7 Å². The number of carbonyl (C=O) groups is 2. The number of hydrogen-bond acceptors (Lipinski definition) is 3. The maximum absolute atomic E-state index is 12.9. The maximum atomic E-state index is 12.9. The Morgan fingerprint density at radius 2 is 1.39 bits per heavy atom. The second-order valence-electron chi connectivity index (χ2n) is 11.4. The molecule has 0 atom stereocenters. The zero-order chi connectivity index (χ0) is 21.8. The van der Waals surface area contributed by atoms with Crippen molar-refractivity contribution >= 4 is 11.8 Å². The van der Waals surface area contributed by atoms with Gasteiger partial charge in [-0.15, -0.1) is 0 Å². The zero-order valence-corrected chi connectivity index (χ0v) is 20.1. The largest absolute Gasteiger partial charge is 0.343 e. The minimum Gasteiger partial charge on any atom is -0.343 e. The van der Waals surface area contributed by atoms with Crippen LogP contribution in [0.25, 0.3) is 0 Å². The molecule has 2 amide bonds. The first-order valence-electron chi connectivity index (χ1n) is 13.2. The number of rotatable bonds is 4. The molecule has 176 valence electrons. The van der Waals surface area contributed by atoms with Gasteiger partial charge >= 0.3 is 0 Å². The third-order valence-electron chi connectivity index (χ3n) is 9.34. The van der Waals surface area contributed by atoms with E-state index in [2.05, 4.69) is 16.7 Å². The number of hydrogen-bond donors (Lipinski definition) is 0. The number of likely N-dealkylation sites (tertiary alicyclic amines) is 1. The molecule has 0 aromatic rings. The summed E-state index contributed by atoms with van der Waals surface area (Å²) < 4.78 is 0. The van der Waals surface area contributed by atoms with E-state index >= 15 is 0 Å². The van der Waals surface area contributed by atoms with Gasteiger partial charge < -0.3 is 9.80 Å². The number of piperidine rings is 1. The molecule has 4 aliphatic rings. The Balaban J connectivity index is 1.12. The highest BCUT2D eigenvalue weighted by atomic mass is 16.2. The highest BCUT2D eigenvalue weighted by Gasteiger charge is 2.38. The third kappa shape index (κ3) is 5.83. The summed E-state index contributed by atoms with van der Waals surface area (Å²) >= 11 is 0. The van der Waals surface area contributed by atoms with E-state index in [4.69, 9.17) is 0 Å². The van der Waals surface area contributed by atoms with Crippen LogP contribution in [0.2, 0.25) is 0 Å². The number of piperazine rings is 1. The first-order chi connectivity index (χ1) is 14.9. The molecular weight excluding hydrogens is 386 g/mol. The molecule has 0 unspecified atom stereocenters. The fourth-order valence-corrected chi connectivity index (χ4v) is 6.70. The van der Waals surface area contributed by atoms with Crippen LogP contribution < -0.4 is 0 Å². The van der Waals surface area contributed by atoms with E-state index in [-0.39, 0.29) is 5.91 Å². The smallest absolute Gasteiger partial charge is 0.225 e. The summed E-state index contributed by atoms with van der Waals surface area (Å²) in [5.41, 5.74) is 0.533. The van der Waals surface area contributed by atoms with Gasteiger partial charge in [0, 0.05) is 52.1 Å². The van der Waals surface area contributed by atoms with Crippen LogP contribution in [0.3, 0.4) is 0 Å². The Labute approximate surface area is 189 Å². The lowest BCUT2D eigenvalue weighted by Gasteiger charge is -2.46. The van der Waals surface area contributed by atoms with Gasteiger partial charge in [0.05, 0.1) is 0 Å². The van der Waals surface area contributed by atoms with Gasteiger partial charge in [-0.05, 0) is 94.4 Å². The molecule has 2 saturated heterocycles. The van der Waals surface area contributed by atoms with Gasteiger partial charge in [-0.25, -0.2) is 0 Å². The van der Waals surface area contributed by atoms with Crippen molar-refractivity contribution in [3.8, 4) is 0 Å². The van der Waals surface area contributed by atoms with Gasteiger partial charge in [0.15, 0.2) is 0 Å². The van der Waals surface area contributed by atoms with Crippen molar-refractivity contribution in [3.63, 3.8) is 0 Å². The van der Waals surface area contributed by atoms with Crippen molar-refractivity contribution in [2.24, 2.45) is 23.2 Å². The van der Waals surface area contributed by atoms with Crippen LogP contribution in [0.1, 0.15) is 84.5 Å². The Morgan fingerprint density at radius 3 is 1.97 bits per heavy atom. The van der Waals surface area contributed by atoms with Gasteiger partial charge in [0.2, 0.25) is 11.8 Å². The molecule has 5 nitrogen and oxygen atoms in total. The molecule has 2 heterocycles. The van der Waals surface area contributed by atoms with E-state index < -0.39 is 0 Å². The van der Waals surface area contributed by atoms with Crippen molar-refractivity contribution in [1.29, 1.82) is 0 Å². The van der Waals surface area contributed by atoms with Crippen LogP contribution in [0.15, 0.2) is 0 Å². The Morgan fingerprint density at radius 1 is 0.774 bits per heavy atom. The van der Waals surface area contributed by atoms with Crippen LogP contribution in [-0.2, 0) is 9.59 Å². The molecular formula is C26H45N3O2. The Bertz CT molecular complexity index is 602. The molecule has 2 aliphatic carbocycles. The lowest BCUT2D eigenvalue weighted by Crippen LogP contribution is -2.51. The number of amides is 2. The quantitative estimate of drug-likeness (QED) is 0.671. The molecule has 2 aliphatic heterocycles. The van der Waals surface area contributed by atoms with Gasteiger partial charge in [-0.3, -0.25) is 14.5 Å². The van der Waals surface area contributed by atoms with Crippen molar-refractivity contribution in [3.05, 3.63) is 0 Å². The summed E-state index contributed by atoms with van der Waals surface area (Å²) in [6, 6.07) is 0. The van der Waals surface area contributed by atoms with E-state index in [1.165, 1.54) is 64.3 Å². The van der Waals surface area contributed by atoms with Crippen LogP contribution in [0.5, 0.6) is 0 Å². The Kier molecular flexibility index (Phi) is 7.61. The minimum absolute atomic E-state index is 0.249. The van der Waals surface area contributed by atoms with E-state index in [0.29, 0.717) is 17.2 Å². The number of nitrogens with zero attached hydrogens (tertiary/aromatic N) is 3. The van der Waals surface area contributed by atoms with Crippen molar-refractivity contribution < 1.29 is 9.59 Å². The van der Waals surface area contributed by atoms with E-state index in [9.17, 15) is 9.59 Å². The average Bonchev–Trinajstić information content (AvgIpc) is 2.79. The van der Waals surface area contributed by atoms with Crippen LogP contribution in [0, 0.1) is 23.2 Å². The minimum atomic E-state index is 0.249. The SMILES string of the molecule is CC(=O)N1CCC2(CCC(CCN3CCN(C(=O)[C@H]4CC[C@H](C)CC4)CC3)CC2)CC1. The molecule has 5 heteroatoms. The summed E-state index contributed by atoms with van der Waals surface area (Å²) in [6.45, 7) is 11.2. The molecule has 2 saturated carbocycles. The van der Waals surface area contributed by atoms with Gasteiger partial charge in [-0.1, -0.05) is 6.92 Å². The van der Waals surface area contributed by atoms with Crippen LogP contribution >= 0.6 is 0 Å². The predicted molar refractivity (Wildman–Crippen MR) is 125 cm³/mol. The van der Waals surface area contributed by atoms with E-state index in [1.54, 1.807) is 6.92 Å². The first-order valence-corrected chi connectivity index (χ1v) is 13.2. The van der Waals surface area contributed by atoms with E-state index in [1.807, 2.05) is 4.90 Å². The normalized spacial score (nSPS) is 30.5. The second-order valence-corrected chi connectivity index (χ2v) is 11.4. The summed E-state index contributed by atoms with van der Waals surface area (Å²) in [5, 5.41) is 0. The zero-order valence-electron chi connectivity index (χ0n) is 20.1.